The summed E-state index contributed by atoms with van der Waals surface area (Å²) in [5.74, 6) is 3.24. The predicted octanol–water partition coefficient (Wildman–Crippen LogP) is 4.37. The second kappa shape index (κ2) is 7.50. The molecule has 108 valence electrons. The van der Waals surface area contributed by atoms with E-state index in [0.29, 0.717) is 12.5 Å². The largest absolute Gasteiger partial charge is 0.484 e. The van der Waals surface area contributed by atoms with Gasteiger partial charge in [0.2, 0.25) is 0 Å². The van der Waals surface area contributed by atoms with E-state index in [1.165, 1.54) is 0 Å². The standard InChI is InChI=1S/C16H20BrNO2/c1-12(2)9-18-10-13-7-8-14(20-13)11-19-16-6-4-3-5-15(16)17/h3-8,12,18H,9-11H2,1-2H3. The molecule has 1 aromatic heterocycles. The molecule has 0 bridgehead atoms. The van der Waals surface area contributed by atoms with Gasteiger partial charge >= 0.3 is 0 Å². The summed E-state index contributed by atoms with van der Waals surface area (Å²) in [7, 11) is 0. The molecule has 1 aromatic carbocycles. The van der Waals surface area contributed by atoms with E-state index in [1.807, 2.05) is 36.4 Å². The zero-order valence-electron chi connectivity index (χ0n) is 11.9. The van der Waals surface area contributed by atoms with Gasteiger partial charge in [-0.3, -0.25) is 0 Å². The van der Waals surface area contributed by atoms with Crippen molar-refractivity contribution in [3.63, 3.8) is 0 Å². The van der Waals surface area contributed by atoms with Gasteiger partial charge in [0.05, 0.1) is 11.0 Å². The average molecular weight is 338 g/mol. The average Bonchev–Trinajstić information content (AvgIpc) is 2.85. The minimum atomic E-state index is 0.437. The molecule has 0 amide bonds. The zero-order valence-corrected chi connectivity index (χ0v) is 13.4. The van der Waals surface area contributed by atoms with E-state index in [2.05, 4.69) is 35.1 Å². The summed E-state index contributed by atoms with van der Waals surface area (Å²) in [5.41, 5.74) is 0. The summed E-state index contributed by atoms with van der Waals surface area (Å²) in [6, 6.07) is 11.7. The van der Waals surface area contributed by atoms with Crippen molar-refractivity contribution >= 4 is 15.9 Å². The highest BCUT2D eigenvalue weighted by Gasteiger charge is 2.05. The van der Waals surface area contributed by atoms with Crippen molar-refractivity contribution in [2.75, 3.05) is 6.54 Å². The number of para-hydroxylation sites is 1. The van der Waals surface area contributed by atoms with Crippen LogP contribution in [0.15, 0.2) is 45.3 Å². The number of ether oxygens (including phenoxy) is 1. The smallest absolute Gasteiger partial charge is 0.146 e. The molecule has 2 rings (SSSR count). The Morgan fingerprint density at radius 3 is 2.65 bits per heavy atom. The first-order chi connectivity index (χ1) is 9.65. The second-order valence-electron chi connectivity index (χ2n) is 5.11. The van der Waals surface area contributed by atoms with Crippen molar-refractivity contribution in [1.29, 1.82) is 0 Å². The first kappa shape index (κ1) is 15.1. The molecule has 0 radical (unpaired) electrons. The topological polar surface area (TPSA) is 34.4 Å². The van der Waals surface area contributed by atoms with Crippen LogP contribution in [0.4, 0.5) is 0 Å². The molecule has 3 nitrogen and oxygen atoms in total. The van der Waals surface area contributed by atoms with Crippen molar-refractivity contribution in [3.8, 4) is 5.75 Å². The van der Waals surface area contributed by atoms with Gasteiger partial charge in [-0.25, -0.2) is 0 Å². The highest BCUT2D eigenvalue weighted by molar-refractivity contribution is 9.10. The van der Waals surface area contributed by atoms with E-state index in [-0.39, 0.29) is 0 Å². The predicted molar refractivity (Wildman–Crippen MR) is 83.7 cm³/mol. The molecule has 0 fully saturated rings. The van der Waals surface area contributed by atoms with Crippen LogP contribution in [0.5, 0.6) is 5.75 Å². The third kappa shape index (κ3) is 4.69. The summed E-state index contributed by atoms with van der Waals surface area (Å²) in [4.78, 5) is 0. The molecule has 20 heavy (non-hydrogen) atoms. The van der Waals surface area contributed by atoms with Gasteiger partial charge in [0.15, 0.2) is 0 Å². The van der Waals surface area contributed by atoms with Crippen molar-refractivity contribution < 1.29 is 9.15 Å². The Morgan fingerprint density at radius 1 is 1.15 bits per heavy atom. The monoisotopic (exact) mass is 337 g/mol. The minimum Gasteiger partial charge on any atom is -0.484 e. The van der Waals surface area contributed by atoms with Crippen LogP contribution in [0.25, 0.3) is 0 Å². The number of hydrogen-bond donors (Lipinski definition) is 1. The van der Waals surface area contributed by atoms with E-state index in [0.717, 1.165) is 34.8 Å². The van der Waals surface area contributed by atoms with Crippen molar-refractivity contribution in [2.24, 2.45) is 5.92 Å². The number of furan rings is 1. The summed E-state index contributed by atoms with van der Waals surface area (Å²) in [6.07, 6.45) is 0. The SMILES string of the molecule is CC(C)CNCc1ccc(COc2ccccc2Br)o1. The maximum Gasteiger partial charge on any atom is 0.146 e. The van der Waals surface area contributed by atoms with E-state index in [1.54, 1.807) is 0 Å². The maximum atomic E-state index is 5.72. The van der Waals surface area contributed by atoms with E-state index < -0.39 is 0 Å². The first-order valence-electron chi connectivity index (χ1n) is 6.81. The fourth-order valence-electron chi connectivity index (χ4n) is 1.79. The van der Waals surface area contributed by atoms with Crippen LogP contribution in [0.2, 0.25) is 0 Å². The Kier molecular flexibility index (Phi) is 5.68. The van der Waals surface area contributed by atoms with Crippen LogP contribution in [0.1, 0.15) is 25.4 Å². The lowest BCUT2D eigenvalue weighted by atomic mass is 10.2. The minimum absolute atomic E-state index is 0.437. The molecule has 0 aliphatic heterocycles. The van der Waals surface area contributed by atoms with Gasteiger partial charge in [-0.15, -0.1) is 0 Å². The van der Waals surface area contributed by atoms with E-state index in [9.17, 15) is 0 Å². The van der Waals surface area contributed by atoms with Crippen LogP contribution >= 0.6 is 15.9 Å². The quantitative estimate of drug-likeness (QED) is 0.814. The molecule has 0 atom stereocenters. The molecule has 1 heterocycles. The third-order valence-electron chi connectivity index (χ3n) is 2.78. The van der Waals surface area contributed by atoms with Crippen molar-refractivity contribution in [1.82, 2.24) is 5.32 Å². The molecule has 4 heteroatoms. The number of halogens is 1. The number of rotatable bonds is 7. The Morgan fingerprint density at radius 2 is 1.90 bits per heavy atom. The second-order valence-corrected chi connectivity index (χ2v) is 5.97. The Labute approximate surface area is 128 Å². The number of nitrogens with one attached hydrogen (secondary N) is 1. The summed E-state index contributed by atoms with van der Waals surface area (Å²) in [5, 5.41) is 3.36. The fourth-order valence-corrected chi connectivity index (χ4v) is 2.19. The van der Waals surface area contributed by atoms with E-state index in [4.69, 9.17) is 9.15 Å². The maximum absolute atomic E-state index is 5.72. The Hall–Kier alpha value is -1.26. The van der Waals surface area contributed by atoms with Crippen LogP contribution in [0.3, 0.4) is 0 Å². The lowest BCUT2D eigenvalue weighted by molar-refractivity contribution is 0.263. The normalized spacial score (nSPS) is 11.0. The zero-order chi connectivity index (χ0) is 14.4. The Bertz CT molecular complexity index is 537. The molecular formula is C16H20BrNO2. The first-order valence-corrected chi connectivity index (χ1v) is 7.60. The van der Waals surface area contributed by atoms with Gasteiger partial charge in [-0.2, -0.15) is 0 Å². The summed E-state index contributed by atoms with van der Waals surface area (Å²) < 4.78 is 12.4. The van der Waals surface area contributed by atoms with Crippen molar-refractivity contribution in [3.05, 3.63) is 52.4 Å². The van der Waals surface area contributed by atoms with Crippen LogP contribution in [0, 0.1) is 5.92 Å². The van der Waals surface area contributed by atoms with Crippen LogP contribution in [-0.2, 0) is 13.2 Å². The summed E-state index contributed by atoms with van der Waals surface area (Å²) >= 11 is 3.46. The number of hydrogen-bond acceptors (Lipinski definition) is 3. The van der Waals surface area contributed by atoms with Gasteiger partial charge in [0.1, 0.15) is 23.9 Å². The highest BCUT2D eigenvalue weighted by atomic mass is 79.9. The molecule has 0 unspecified atom stereocenters. The molecular weight excluding hydrogens is 318 g/mol. The summed E-state index contributed by atoms with van der Waals surface area (Å²) in [6.45, 7) is 6.56. The highest BCUT2D eigenvalue weighted by Crippen LogP contribution is 2.24. The fraction of sp³-hybridized carbons (Fsp3) is 0.375. The van der Waals surface area contributed by atoms with Gasteiger partial charge < -0.3 is 14.5 Å². The third-order valence-corrected chi connectivity index (χ3v) is 3.43. The molecule has 1 N–H and O–H groups in total. The van der Waals surface area contributed by atoms with Gasteiger partial charge in [0.25, 0.3) is 0 Å². The van der Waals surface area contributed by atoms with Crippen LogP contribution < -0.4 is 10.1 Å². The molecule has 0 spiro atoms. The van der Waals surface area contributed by atoms with Gasteiger partial charge in [0, 0.05) is 0 Å². The molecule has 2 aromatic rings. The lowest BCUT2D eigenvalue weighted by Gasteiger charge is -2.06. The Balaban J connectivity index is 1.82. The molecule has 0 aliphatic carbocycles. The van der Waals surface area contributed by atoms with Gasteiger partial charge in [-0.1, -0.05) is 26.0 Å². The van der Waals surface area contributed by atoms with Crippen molar-refractivity contribution in [2.45, 2.75) is 27.0 Å². The number of benzene rings is 1. The van der Waals surface area contributed by atoms with E-state index >= 15 is 0 Å². The van der Waals surface area contributed by atoms with Gasteiger partial charge in [-0.05, 0) is 52.7 Å². The van der Waals surface area contributed by atoms with Crippen LogP contribution in [-0.4, -0.2) is 6.54 Å². The molecule has 0 aliphatic rings. The molecule has 0 saturated carbocycles. The molecule has 0 saturated heterocycles. The lowest BCUT2D eigenvalue weighted by Crippen LogP contribution is -2.18.